The summed E-state index contributed by atoms with van der Waals surface area (Å²) in [6.07, 6.45) is 1.37. The average Bonchev–Trinajstić information content (AvgIpc) is 3.16. The fourth-order valence-electron chi connectivity index (χ4n) is 2.53. The second-order valence-corrected chi connectivity index (χ2v) is 7.71. The number of amides is 1. The van der Waals surface area contributed by atoms with Gasteiger partial charge in [-0.15, -0.1) is 0 Å². The van der Waals surface area contributed by atoms with E-state index in [-0.39, 0.29) is 22.8 Å². The smallest absolute Gasteiger partial charge is 0.251 e. The molecule has 0 aliphatic heterocycles. The van der Waals surface area contributed by atoms with Gasteiger partial charge >= 0.3 is 0 Å². The first-order valence-electron chi connectivity index (χ1n) is 7.84. The van der Waals surface area contributed by atoms with Gasteiger partial charge < -0.3 is 9.73 Å². The maximum Gasteiger partial charge on any atom is 0.251 e. The summed E-state index contributed by atoms with van der Waals surface area (Å²) in [4.78, 5) is 12.4. The SMILES string of the molecule is O=C(NCC(c1ccco1)S(=O)(=O)c1ccccc1)c1cccc(F)c1. The highest BCUT2D eigenvalue weighted by Crippen LogP contribution is 2.28. The van der Waals surface area contributed by atoms with Crippen molar-refractivity contribution in [2.24, 2.45) is 0 Å². The van der Waals surface area contributed by atoms with Crippen LogP contribution < -0.4 is 5.32 Å². The number of sulfone groups is 1. The van der Waals surface area contributed by atoms with Crippen LogP contribution in [-0.2, 0) is 9.84 Å². The number of benzene rings is 2. The molecule has 134 valence electrons. The molecule has 1 unspecified atom stereocenters. The van der Waals surface area contributed by atoms with Crippen LogP contribution in [0.3, 0.4) is 0 Å². The first-order valence-corrected chi connectivity index (χ1v) is 9.39. The van der Waals surface area contributed by atoms with Crippen molar-refractivity contribution in [3.63, 3.8) is 0 Å². The number of halogens is 1. The lowest BCUT2D eigenvalue weighted by Crippen LogP contribution is -2.31. The Labute approximate surface area is 150 Å². The molecule has 1 amide bonds. The van der Waals surface area contributed by atoms with Gasteiger partial charge in [-0.1, -0.05) is 24.3 Å². The minimum Gasteiger partial charge on any atom is -0.468 e. The van der Waals surface area contributed by atoms with Crippen LogP contribution in [0, 0.1) is 5.82 Å². The predicted molar refractivity (Wildman–Crippen MR) is 93.8 cm³/mol. The van der Waals surface area contributed by atoms with Gasteiger partial charge in [-0.05, 0) is 42.5 Å². The topological polar surface area (TPSA) is 76.4 Å². The Hall–Kier alpha value is -2.93. The van der Waals surface area contributed by atoms with E-state index < -0.39 is 26.8 Å². The Kier molecular flexibility index (Phi) is 5.18. The quantitative estimate of drug-likeness (QED) is 0.719. The largest absolute Gasteiger partial charge is 0.468 e. The molecule has 1 aromatic heterocycles. The summed E-state index contributed by atoms with van der Waals surface area (Å²) in [6.45, 7) is -0.208. The summed E-state index contributed by atoms with van der Waals surface area (Å²) < 4.78 is 44.5. The molecule has 1 atom stereocenters. The first-order chi connectivity index (χ1) is 12.5. The summed E-state index contributed by atoms with van der Waals surface area (Å²) >= 11 is 0. The van der Waals surface area contributed by atoms with Crippen molar-refractivity contribution in [3.05, 3.63) is 90.1 Å². The molecule has 0 bridgehead atoms. The van der Waals surface area contributed by atoms with Gasteiger partial charge in [0.1, 0.15) is 16.8 Å². The minimum absolute atomic E-state index is 0.111. The van der Waals surface area contributed by atoms with E-state index in [1.54, 1.807) is 30.3 Å². The molecule has 0 radical (unpaired) electrons. The molecule has 0 spiro atoms. The van der Waals surface area contributed by atoms with Crippen molar-refractivity contribution < 1.29 is 22.0 Å². The second kappa shape index (κ2) is 7.53. The van der Waals surface area contributed by atoms with Crippen LogP contribution in [0.1, 0.15) is 21.4 Å². The standard InChI is InChI=1S/C19H16FNO4S/c20-15-7-4-6-14(12-15)19(22)21-13-18(17-10-5-11-25-17)26(23,24)16-8-2-1-3-9-16/h1-12,18H,13H2,(H,21,22). The van der Waals surface area contributed by atoms with Crippen molar-refractivity contribution in [3.8, 4) is 0 Å². The normalized spacial score (nSPS) is 12.5. The highest BCUT2D eigenvalue weighted by atomic mass is 32.2. The molecule has 7 heteroatoms. The number of rotatable bonds is 6. The Morgan fingerprint density at radius 3 is 2.46 bits per heavy atom. The van der Waals surface area contributed by atoms with Gasteiger partial charge in [0, 0.05) is 12.1 Å². The number of carbonyl (C=O) groups is 1. The monoisotopic (exact) mass is 373 g/mol. The average molecular weight is 373 g/mol. The molecule has 5 nitrogen and oxygen atoms in total. The van der Waals surface area contributed by atoms with Crippen LogP contribution >= 0.6 is 0 Å². The zero-order chi connectivity index (χ0) is 18.6. The van der Waals surface area contributed by atoms with Crippen LogP contribution in [0.4, 0.5) is 4.39 Å². The van der Waals surface area contributed by atoms with E-state index >= 15 is 0 Å². The Bertz CT molecular complexity index is 985. The van der Waals surface area contributed by atoms with E-state index in [4.69, 9.17) is 4.42 Å². The highest BCUT2D eigenvalue weighted by Gasteiger charge is 2.31. The van der Waals surface area contributed by atoms with Gasteiger partial charge in [-0.25, -0.2) is 12.8 Å². The van der Waals surface area contributed by atoms with Gasteiger partial charge in [-0.2, -0.15) is 0 Å². The third kappa shape index (κ3) is 3.83. The lowest BCUT2D eigenvalue weighted by atomic mass is 10.2. The summed E-state index contributed by atoms with van der Waals surface area (Å²) in [7, 11) is -3.79. The molecule has 26 heavy (non-hydrogen) atoms. The Morgan fingerprint density at radius 2 is 1.81 bits per heavy atom. The zero-order valence-electron chi connectivity index (χ0n) is 13.6. The molecular formula is C19H16FNO4S. The molecule has 0 aliphatic rings. The third-order valence-electron chi connectivity index (χ3n) is 3.84. The molecule has 0 saturated carbocycles. The molecule has 0 saturated heterocycles. The van der Waals surface area contributed by atoms with Crippen LogP contribution in [0.2, 0.25) is 0 Å². The molecule has 3 aromatic rings. The number of hydrogen-bond donors (Lipinski definition) is 1. The number of carbonyl (C=O) groups excluding carboxylic acids is 1. The molecule has 1 heterocycles. The van der Waals surface area contributed by atoms with E-state index in [1.807, 2.05) is 0 Å². The van der Waals surface area contributed by atoms with Gasteiger partial charge in [0.05, 0.1) is 11.2 Å². The van der Waals surface area contributed by atoms with Crippen molar-refractivity contribution in [1.29, 1.82) is 0 Å². The lowest BCUT2D eigenvalue weighted by Gasteiger charge is -2.16. The molecule has 1 N–H and O–H groups in total. The zero-order valence-corrected chi connectivity index (χ0v) is 14.4. The molecule has 3 rings (SSSR count). The van der Waals surface area contributed by atoms with Crippen LogP contribution in [0.25, 0.3) is 0 Å². The highest BCUT2D eigenvalue weighted by molar-refractivity contribution is 7.91. The minimum atomic E-state index is -3.79. The van der Waals surface area contributed by atoms with Crippen LogP contribution in [0.15, 0.2) is 82.3 Å². The molecule has 0 fully saturated rings. The van der Waals surface area contributed by atoms with E-state index in [9.17, 15) is 17.6 Å². The molecule has 2 aromatic carbocycles. The Balaban J connectivity index is 1.85. The predicted octanol–water partition coefficient (Wildman–Crippen LogP) is 3.36. The summed E-state index contributed by atoms with van der Waals surface area (Å²) in [5, 5.41) is 1.45. The van der Waals surface area contributed by atoms with Crippen LogP contribution in [0.5, 0.6) is 0 Å². The molecule has 0 aliphatic carbocycles. The number of hydrogen-bond acceptors (Lipinski definition) is 4. The fourth-order valence-corrected chi connectivity index (χ4v) is 4.14. The number of furan rings is 1. The molecular weight excluding hydrogens is 357 g/mol. The third-order valence-corrected chi connectivity index (χ3v) is 5.92. The van der Waals surface area contributed by atoms with Crippen LogP contribution in [-0.4, -0.2) is 20.9 Å². The number of nitrogens with one attached hydrogen (secondary N) is 1. The fraction of sp³-hybridized carbons (Fsp3) is 0.105. The van der Waals surface area contributed by atoms with E-state index in [0.717, 1.165) is 6.07 Å². The van der Waals surface area contributed by atoms with Gasteiger partial charge in [0.2, 0.25) is 0 Å². The lowest BCUT2D eigenvalue weighted by molar-refractivity contribution is 0.0952. The maximum atomic E-state index is 13.3. The van der Waals surface area contributed by atoms with Gasteiger partial charge in [0.25, 0.3) is 5.91 Å². The van der Waals surface area contributed by atoms with E-state index in [1.165, 1.54) is 36.6 Å². The van der Waals surface area contributed by atoms with Crippen molar-refractivity contribution in [2.75, 3.05) is 6.54 Å². The Morgan fingerprint density at radius 1 is 1.04 bits per heavy atom. The summed E-state index contributed by atoms with van der Waals surface area (Å²) in [5.74, 6) is -0.894. The second-order valence-electron chi connectivity index (χ2n) is 5.58. The van der Waals surface area contributed by atoms with E-state index in [2.05, 4.69) is 5.32 Å². The summed E-state index contributed by atoms with van der Waals surface area (Å²) in [5.41, 5.74) is 0.111. The van der Waals surface area contributed by atoms with E-state index in [0.29, 0.717) is 0 Å². The first kappa shape index (κ1) is 17.9. The summed E-state index contributed by atoms with van der Waals surface area (Å²) in [6, 6.07) is 16.2. The van der Waals surface area contributed by atoms with Crippen molar-refractivity contribution in [2.45, 2.75) is 10.1 Å². The van der Waals surface area contributed by atoms with Crippen molar-refractivity contribution in [1.82, 2.24) is 5.32 Å². The van der Waals surface area contributed by atoms with Gasteiger partial charge in [0.15, 0.2) is 9.84 Å². The maximum absolute atomic E-state index is 13.3. The van der Waals surface area contributed by atoms with Crippen molar-refractivity contribution >= 4 is 15.7 Å². The van der Waals surface area contributed by atoms with Gasteiger partial charge in [-0.3, -0.25) is 4.79 Å².